The van der Waals surface area contributed by atoms with E-state index in [-0.39, 0.29) is 5.91 Å². The van der Waals surface area contributed by atoms with Gasteiger partial charge in [0, 0.05) is 13.5 Å². The Balaban J connectivity index is 3.76. The summed E-state index contributed by atoms with van der Waals surface area (Å²) in [4.78, 5) is 11.4. The third-order valence-electron chi connectivity index (χ3n) is 0.817. The van der Waals surface area contributed by atoms with Crippen LogP contribution in [0.25, 0.3) is 0 Å². The Kier molecular flexibility index (Phi) is 2.63. The van der Waals surface area contributed by atoms with E-state index in [1.807, 2.05) is 0 Å². The predicted molar refractivity (Wildman–Crippen MR) is 28.7 cm³/mol. The first-order valence-electron chi connectivity index (χ1n) is 2.40. The van der Waals surface area contributed by atoms with Gasteiger partial charge in [-0.05, 0) is 6.92 Å². The molecule has 0 saturated carbocycles. The fourth-order valence-corrected chi connectivity index (χ4v) is 0.364. The van der Waals surface area contributed by atoms with Crippen molar-refractivity contribution in [2.24, 2.45) is 0 Å². The summed E-state index contributed by atoms with van der Waals surface area (Å²) in [6, 6.07) is 0. The van der Waals surface area contributed by atoms with Gasteiger partial charge < -0.3 is 0 Å². The third kappa shape index (κ3) is 1.61. The van der Waals surface area contributed by atoms with Crippen LogP contribution in [0.4, 0.5) is 0 Å². The highest BCUT2D eigenvalue weighted by atomic mass is 16.2. The summed E-state index contributed by atoms with van der Waals surface area (Å²) in [5.74, 6) is -0.199. The maximum Gasteiger partial charge on any atom is 0.232 e. The van der Waals surface area contributed by atoms with Crippen molar-refractivity contribution < 1.29 is 4.79 Å². The van der Waals surface area contributed by atoms with Gasteiger partial charge in [-0.3, -0.25) is 4.79 Å². The number of hydrogen-bond donors (Lipinski definition) is 0. The zero-order chi connectivity index (χ0) is 6.57. The highest BCUT2D eigenvalue weighted by Crippen LogP contribution is 1.82. The topological polar surface area (TPSA) is 44.1 Å². The lowest BCUT2D eigenvalue weighted by Crippen LogP contribution is -2.22. The molecule has 0 N–H and O–H groups in total. The molecule has 0 aromatic carbocycles. The van der Waals surface area contributed by atoms with E-state index in [1.165, 1.54) is 6.92 Å². The molecule has 0 aromatic heterocycles. The first kappa shape index (κ1) is 6.96. The molecule has 1 amide bonds. The molecule has 0 rings (SSSR count). The second kappa shape index (κ2) is 3.03. The van der Waals surface area contributed by atoms with Gasteiger partial charge >= 0.3 is 0 Å². The Bertz CT molecular complexity index is 125. The molecule has 0 spiro atoms. The van der Waals surface area contributed by atoms with E-state index < -0.39 is 0 Å². The average Bonchev–Trinajstić information content (AvgIpc) is 1.69. The molecule has 0 aliphatic carbocycles. The molecule has 0 aromatic rings. The summed E-state index contributed by atoms with van der Waals surface area (Å²) in [6.45, 7) is 3.59. The van der Waals surface area contributed by atoms with Gasteiger partial charge in [0.05, 0.1) is 0 Å². The second-order valence-electron chi connectivity index (χ2n) is 1.36. The number of amides is 1. The van der Waals surface area contributed by atoms with E-state index in [2.05, 4.69) is 0 Å². The molecule has 0 unspecified atom stereocenters. The molecule has 0 saturated heterocycles. The van der Waals surface area contributed by atoms with E-state index in [9.17, 15) is 4.79 Å². The minimum absolute atomic E-state index is 0.199. The van der Waals surface area contributed by atoms with Gasteiger partial charge in [-0.1, -0.05) is 0 Å². The zero-order valence-corrected chi connectivity index (χ0v) is 5.01. The number of rotatable bonds is 1. The lowest BCUT2D eigenvalue weighted by Gasteiger charge is -2.04. The van der Waals surface area contributed by atoms with Crippen LogP contribution in [-0.2, 0) is 4.79 Å². The molecule has 44 valence electrons. The van der Waals surface area contributed by atoms with Crippen LogP contribution in [-0.4, -0.2) is 17.4 Å². The number of hydrogen-bond acceptors (Lipinski definition) is 2. The van der Waals surface area contributed by atoms with Crippen LogP contribution in [0.3, 0.4) is 0 Å². The van der Waals surface area contributed by atoms with Crippen LogP contribution < -0.4 is 0 Å². The summed E-state index contributed by atoms with van der Waals surface area (Å²) in [7, 11) is 0. The van der Waals surface area contributed by atoms with E-state index in [0.29, 0.717) is 6.54 Å². The van der Waals surface area contributed by atoms with Crippen molar-refractivity contribution in [2.75, 3.05) is 6.54 Å². The Hall–Kier alpha value is -1.04. The molecular weight excluding hydrogens is 104 g/mol. The summed E-state index contributed by atoms with van der Waals surface area (Å²) in [5.41, 5.74) is 0. The van der Waals surface area contributed by atoms with Crippen molar-refractivity contribution >= 4 is 5.91 Å². The normalized spacial score (nSPS) is 7.62. The number of carbonyl (C=O) groups excluding carboxylic acids is 1. The summed E-state index contributed by atoms with van der Waals surface area (Å²) in [6.07, 6.45) is 1.73. The Labute approximate surface area is 48.5 Å². The summed E-state index contributed by atoms with van der Waals surface area (Å²) < 4.78 is 0. The van der Waals surface area contributed by atoms with Crippen molar-refractivity contribution in [3.05, 3.63) is 0 Å². The van der Waals surface area contributed by atoms with Crippen molar-refractivity contribution in [2.45, 2.75) is 13.8 Å². The second-order valence-corrected chi connectivity index (χ2v) is 1.36. The van der Waals surface area contributed by atoms with Gasteiger partial charge in [0.1, 0.15) is 0 Å². The van der Waals surface area contributed by atoms with Crippen molar-refractivity contribution in [1.82, 2.24) is 4.90 Å². The largest absolute Gasteiger partial charge is 0.274 e. The first-order chi connectivity index (χ1) is 3.72. The predicted octanol–water partition coefficient (Wildman–Crippen LogP) is 0.336. The van der Waals surface area contributed by atoms with Crippen LogP contribution in [0.2, 0.25) is 0 Å². The van der Waals surface area contributed by atoms with Gasteiger partial charge in [-0.2, -0.15) is 5.26 Å². The van der Waals surface area contributed by atoms with Crippen molar-refractivity contribution in [3.63, 3.8) is 0 Å². The minimum Gasteiger partial charge on any atom is -0.274 e. The van der Waals surface area contributed by atoms with Gasteiger partial charge in [0.25, 0.3) is 0 Å². The standard InChI is InChI=1S/C5H8N2O/c1-3-7(4-6)5(2)8/h3H2,1-2H3. The summed E-state index contributed by atoms with van der Waals surface area (Å²) >= 11 is 0. The average molecular weight is 112 g/mol. The highest BCUT2D eigenvalue weighted by Gasteiger charge is 2.00. The van der Waals surface area contributed by atoms with E-state index >= 15 is 0 Å². The molecule has 0 atom stereocenters. The molecule has 0 radical (unpaired) electrons. The van der Waals surface area contributed by atoms with E-state index in [4.69, 9.17) is 5.26 Å². The van der Waals surface area contributed by atoms with Crippen molar-refractivity contribution in [1.29, 1.82) is 5.26 Å². The SMILES string of the molecule is CCN(C#N)C(C)=O. The van der Waals surface area contributed by atoms with Gasteiger partial charge in [0.2, 0.25) is 5.91 Å². The van der Waals surface area contributed by atoms with Gasteiger partial charge in [-0.25, -0.2) is 4.90 Å². The highest BCUT2D eigenvalue weighted by molar-refractivity contribution is 5.74. The third-order valence-corrected chi connectivity index (χ3v) is 0.817. The van der Waals surface area contributed by atoms with E-state index in [1.54, 1.807) is 13.1 Å². The van der Waals surface area contributed by atoms with Crippen LogP contribution in [0.15, 0.2) is 0 Å². The fraction of sp³-hybridized carbons (Fsp3) is 0.600. The van der Waals surface area contributed by atoms with E-state index in [0.717, 1.165) is 4.90 Å². The summed E-state index contributed by atoms with van der Waals surface area (Å²) in [5, 5.41) is 8.15. The molecule has 0 bridgehead atoms. The van der Waals surface area contributed by atoms with Gasteiger partial charge in [0.15, 0.2) is 6.19 Å². The molecule has 3 nitrogen and oxygen atoms in total. The molecular formula is C5H8N2O. The van der Waals surface area contributed by atoms with Crippen LogP contribution >= 0.6 is 0 Å². The number of nitrogens with zero attached hydrogens (tertiary/aromatic N) is 2. The van der Waals surface area contributed by atoms with Gasteiger partial charge in [-0.15, -0.1) is 0 Å². The Morgan fingerprint density at radius 2 is 2.38 bits per heavy atom. The van der Waals surface area contributed by atoms with Crippen LogP contribution in [0.5, 0.6) is 0 Å². The van der Waals surface area contributed by atoms with Crippen molar-refractivity contribution in [3.8, 4) is 6.19 Å². The Morgan fingerprint density at radius 1 is 1.88 bits per heavy atom. The zero-order valence-electron chi connectivity index (χ0n) is 5.01. The maximum absolute atomic E-state index is 10.3. The molecule has 3 heteroatoms. The number of nitriles is 1. The molecule has 0 fully saturated rings. The molecule has 8 heavy (non-hydrogen) atoms. The molecule has 0 aliphatic rings. The first-order valence-corrected chi connectivity index (χ1v) is 2.40. The monoisotopic (exact) mass is 112 g/mol. The smallest absolute Gasteiger partial charge is 0.232 e. The Morgan fingerprint density at radius 3 is 2.38 bits per heavy atom. The number of carbonyl (C=O) groups is 1. The maximum atomic E-state index is 10.3. The van der Waals surface area contributed by atoms with Crippen LogP contribution in [0, 0.1) is 11.5 Å². The minimum atomic E-state index is -0.199. The fourth-order valence-electron chi connectivity index (χ4n) is 0.364. The quantitative estimate of drug-likeness (QED) is 0.362. The lowest BCUT2D eigenvalue weighted by molar-refractivity contribution is -0.125. The van der Waals surface area contributed by atoms with Crippen LogP contribution in [0.1, 0.15) is 13.8 Å². The molecule has 0 aliphatic heterocycles. The lowest BCUT2D eigenvalue weighted by atomic mass is 10.5. The molecule has 0 heterocycles.